The molecule has 1 unspecified atom stereocenters. The summed E-state index contributed by atoms with van der Waals surface area (Å²) in [6.45, 7) is 3.08. The fourth-order valence-electron chi connectivity index (χ4n) is 3.04. The van der Waals surface area contributed by atoms with E-state index in [0.717, 1.165) is 28.9 Å². The molecule has 0 aliphatic carbocycles. The number of hydrogen-bond acceptors (Lipinski definition) is 3. The zero-order valence-corrected chi connectivity index (χ0v) is 15.4. The van der Waals surface area contributed by atoms with E-state index in [2.05, 4.69) is 0 Å². The Balaban J connectivity index is 1.68. The van der Waals surface area contributed by atoms with Gasteiger partial charge in [-0.15, -0.1) is 0 Å². The summed E-state index contributed by atoms with van der Waals surface area (Å²) in [5.41, 5.74) is 3.20. The van der Waals surface area contributed by atoms with Crippen molar-refractivity contribution in [1.82, 2.24) is 4.31 Å². The van der Waals surface area contributed by atoms with Crippen molar-refractivity contribution < 1.29 is 13.2 Å². The SMILES string of the molecule is COc1ccc(C2CCN(S(=O)(=O)/C=C/c3ccc(C)cc3)C2)cc1. The van der Waals surface area contributed by atoms with Gasteiger partial charge in [-0.2, -0.15) is 4.31 Å². The number of aryl methyl sites for hydroxylation is 1. The van der Waals surface area contributed by atoms with E-state index in [4.69, 9.17) is 4.74 Å². The van der Waals surface area contributed by atoms with Gasteiger partial charge in [-0.05, 0) is 48.6 Å². The molecule has 4 nitrogen and oxygen atoms in total. The Morgan fingerprint density at radius 2 is 1.76 bits per heavy atom. The molecule has 0 amide bonds. The first-order chi connectivity index (χ1) is 12.0. The number of benzene rings is 2. The largest absolute Gasteiger partial charge is 0.497 e. The summed E-state index contributed by atoms with van der Waals surface area (Å²) >= 11 is 0. The Labute approximate surface area is 149 Å². The number of ether oxygens (including phenoxy) is 1. The molecule has 25 heavy (non-hydrogen) atoms. The van der Waals surface area contributed by atoms with Gasteiger partial charge in [-0.1, -0.05) is 42.0 Å². The van der Waals surface area contributed by atoms with Crippen LogP contribution in [0, 0.1) is 6.92 Å². The number of methoxy groups -OCH3 is 1. The second kappa shape index (κ2) is 7.42. The van der Waals surface area contributed by atoms with E-state index in [1.54, 1.807) is 17.5 Å². The molecule has 0 aromatic heterocycles. The smallest absolute Gasteiger partial charge is 0.236 e. The van der Waals surface area contributed by atoms with Crippen molar-refractivity contribution in [1.29, 1.82) is 0 Å². The van der Waals surface area contributed by atoms with Crippen molar-refractivity contribution in [2.24, 2.45) is 0 Å². The summed E-state index contributed by atoms with van der Waals surface area (Å²) in [6.07, 6.45) is 2.50. The van der Waals surface area contributed by atoms with Crippen LogP contribution in [0.5, 0.6) is 5.75 Å². The van der Waals surface area contributed by atoms with Gasteiger partial charge in [0.15, 0.2) is 0 Å². The topological polar surface area (TPSA) is 46.6 Å². The maximum absolute atomic E-state index is 12.6. The van der Waals surface area contributed by atoms with Crippen LogP contribution in [0.25, 0.3) is 6.08 Å². The maximum atomic E-state index is 12.6. The average molecular weight is 357 g/mol. The third-order valence-corrected chi connectivity index (χ3v) is 6.14. The van der Waals surface area contributed by atoms with Crippen LogP contribution in [0.4, 0.5) is 0 Å². The molecule has 0 radical (unpaired) electrons. The van der Waals surface area contributed by atoms with Gasteiger partial charge < -0.3 is 4.74 Å². The van der Waals surface area contributed by atoms with Crippen molar-refractivity contribution in [3.8, 4) is 5.75 Å². The van der Waals surface area contributed by atoms with Crippen molar-refractivity contribution >= 4 is 16.1 Å². The van der Waals surface area contributed by atoms with Crippen molar-refractivity contribution in [3.63, 3.8) is 0 Å². The molecule has 1 heterocycles. The van der Waals surface area contributed by atoms with E-state index in [1.807, 2.05) is 55.5 Å². The van der Waals surface area contributed by atoms with Crippen LogP contribution in [-0.4, -0.2) is 32.9 Å². The average Bonchev–Trinajstić information content (AvgIpc) is 3.12. The lowest BCUT2D eigenvalue weighted by molar-refractivity contribution is 0.414. The van der Waals surface area contributed by atoms with Crippen molar-refractivity contribution in [3.05, 3.63) is 70.6 Å². The monoisotopic (exact) mass is 357 g/mol. The van der Waals surface area contributed by atoms with Crippen LogP contribution in [0.15, 0.2) is 53.9 Å². The summed E-state index contributed by atoms with van der Waals surface area (Å²) in [6, 6.07) is 15.7. The predicted molar refractivity (Wildman–Crippen MR) is 101 cm³/mol. The normalized spacial score (nSPS) is 18.7. The summed E-state index contributed by atoms with van der Waals surface area (Å²) in [4.78, 5) is 0. The first-order valence-corrected chi connectivity index (χ1v) is 9.87. The second-order valence-corrected chi connectivity index (χ2v) is 8.19. The third-order valence-electron chi connectivity index (χ3n) is 4.61. The lowest BCUT2D eigenvalue weighted by Crippen LogP contribution is -2.26. The number of hydrogen-bond donors (Lipinski definition) is 0. The van der Waals surface area contributed by atoms with Crippen LogP contribution < -0.4 is 4.74 Å². The summed E-state index contributed by atoms with van der Waals surface area (Å²) in [7, 11) is -1.76. The molecular weight excluding hydrogens is 334 g/mol. The molecule has 3 rings (SSSR count). The molecule has 0 bridgehead atoms. The standard InChI is InChI=1S/C20H23NO3S/c1-16-3-5-17(6-4-16)12-14-25(22,23)21-13-11-19(15-21)18-7-9-20(24-2)10-8-18/h3-10,12,14,19H,11,13,15H2,1-2H3/b14-12+. The first kappa shape index (κ1) is 17.7. The molecule has 1 aliphatic rings. The minimum absolute atomic E-state index is 0.230. The molecule has 1 saturated heterocycles. The molecule has 132 valence electrons. The van der Waals surface area contributed by atoms with E-state index in [1.165, 1.54) is 5.41 Å². The lowest BCUT2D eigenvalue weighted by atomic mass is 9.99. The van der Waals surface area contributed by atoms with Gasteiger partial charge in [0.25, 0.3) is 0 Å². The van der Waals surface area contributed by atoms with Gasteiger partial charge in [0, 0.05) is 18.5 Å². The lowest BCUT2D eigenvalue weighted by Gasteiger charge is -2.14. The van der Waals surface area contributed by atoms with Gasteiger partial charge in [-0.25, -0.2) is 8.42 Å². The molecule has 1 fully saturated rings. The molecule has 0 spiro atoms. The minimum atomic E-state index is -3.39. The van der Waals surface area contributed by atoms with E-state index < -0.39 is 10.0 Å². The molecule has 0 saturated carbocycles. The van der Waals surface area contributed by atoms with Crippen LogP contribution >= 0.6 is 0 Å². The van der Waals surface area contributed by atoms with E-state index in [-0.39, 0.29) is 5.92 Å². The predicted octanol–water partition coefficient (Wildman–Crippen LogP) is 3.79. The Morgan fingerprint density at radius 1 is 1.08 bits per heavy atom. The Hall–Kier alpha value is -2.11. The van der Waals surface area contributed by atoms with Crippen LogP contribution in [-0.2, 0) is 10.0 Å². The Kier molecular flexibility index (Phi) is 5.25. The highest BCUT2D eigenvalue weighted by Crippen LogP contribution is 2.30. The fourth-order valence-corrected chi connectivity index (χ4v) is 4.28. The van der Waals surface area contributed by atoms with E-state index in [9.17, 15) is 8.42 Å². The zero-order chi connectivity index (χ0) is 17.9. The molecule has 1 atom stereocenters. The van der Waals surface area contributed by atoms with Crippen LogP contribution in [0.3, 0.4) is 0 Å². The Bertz CT molecular complexity index is 840. The van der Waals surface area contributed by atoms with Crippen molar-refractivity contribution in [2.75, 3.05) is 20.2 Å². The molecule has 2 aromatic rings. The van der Waals surface area contributed by atoms with Crippen LogP contribution in [0.1, 0.15) is 29.0 Å². The molecule has 1 aliphatic heterocycles. The number of sulfonamides is 1. The van der Waals surface area contributed by atoms with E-state index in [0.29, 0.717) is 13.1 Å². The zero-order valence-electron chi connectivity index (χ0n) is 14.6. The summed E-state index contributed by atoms with van der Waals surface area (Å²) in [5.74, 6) is 1.04. The van der Waals surface area contributed by atoms with Gasteiger partial charge >= 0.3 is 0 Å². The second-order valence-electron chi connectivity index (χ2n) is 6.38. The quantitative estimate of drug-likeness (QED) is 0.818. The van der Waals surface area contributed by atoms with Crippen LogP contribution in [0.2, 0.25) is 0 Å². The van der Waals surface area contributed by atoms with Gasteiger partial charge in [0.1, 0.15) is 5.75 Å². The molecule has 5 heteroatoms. The van der Waals surface area contributed by atoms with Gasteiger partial charge in [0.05, 0.1) is 7.11 Å². The van der Waals surface area contributed by atoms with Crippen molar-refractivity contribution in [2.45, 2.75) is 19.3 Å². The molecule has 0 N–H and O–H groups in total. The van der Waals surface area contributed by atoms with E-state index >= 15 is 0 Å². The van der Waals surface area contributed by atoms with Gasteiger partial charge in [0.2, 0.25) is 10.0 Å². The summed E-state index contributed by atoms with van der Waals surface area (Å²) < 4.78 is 31.9. The number of rotatable bonds is 5. The minimum Gasteiger partial charge on any atom is -0.497 e. The fraction of sp³-hybridized carbons (Fsp3) is 0.300. The molecular formula is C20H23NO3S. The molecule has 2 aromatic carbocycles. The van der Waals surface area contributed by atoms with Gasteiger partial charge in [-0.3, -0.25) is 0 Å². The number of nitrogens with zero attached hydrogens (tertiary/aromatic N) is 1. The highest BCUT2D eigenvalue weighted by Gasteiger charge is 2.30. The Morgan fingerprint density at radius 3 is 2.40 bits per heavy atom. The summed E-state index contributed by atoms with van der Waals surface area (Å²) in [5, 5.41) is 1.31. The highest BCUT2D eigenvalue weighted by atomic mass is 32.2. The maximum Gasteiger partial charge on any atom is 0.236 e. The third kappa shape index (κ3) is 4.30. The first-order valence-electron chi connectivity index (χ1n) is 8.37. The highest BCUT2D eigenvalue weighted by molar-refractivity contribution is 7.92.